The predicted molar refractivity (Wildman–Crippen MR) is 64.0 cm³/mol. The number of nitrogens with zero attached hydrogens (tertiary/aromatic N) is 1. The number of hydrogen-bond donors (Lipinski definition) is 2. The SMILES string of the molecule is O=C(/C=C/c1ccccc1F)N1C[C@@H](O)[C@H](O)C1. The lowest BCUT2D eigenvalue weighted by Gasteiger charge is -2.12. The molecule has 1 aromatic carbocycles. The summed E-state index contributed by atoms with van der Waals surface area (Å²) in [6.45, 7) is 0.198. The van der Waals surface area contributed by atoms with Crippen LogP contribution < -0.4 is 0 Å². The summed E-state index contributed by atoms with van der Waals surface area (Å²) in [5, 5.41) is 18.6. The Kier molecular flexibility index (Phi) is 3.74. The maximum atomic E-state index is 13.3. The van der Waals surface area contributed by atoms with Crippen LogP contribution in [0.1, 0.15) is 5.56 Å². The Balaban J connectivity index is 2.02. The largest absolute Gasteiger partial charge is 0.388 e. The molecule has 0 unspecified atom stereocenters. The van der Waals surface area contributed by atoms with E-state index in [1.165, 1.54) is 23.1 Å². The number of halogens is 1. The minimum Gasteiger partial charge on any atom is -0.388 e. The van der Waals surface area contributed by atoms with E-state index >= 15 is 0 Å². The molecule has 2 N–H and O–H groups in total. The Bertz CT molecular complexity index is 465. The Labute approximate surface area is 104 Å². The molecule has 0 bridgehead atoms. The van der Waals surface area contributed by atoms with Crippen LogP contribution in [0.2, 0.25) is 0 Å². The molecular formula is C13H14FNO3. The van der Waals surface area contributed by atoms with Crippen molar-refractivity contribution in [2.75, 3.05) is 13.1 Å². The van der Waals surface area contributed by atoms with Crippen molar-refractivity contribution < 1.29 is 19.4 Å². The van der Waals surface area contributed by atoms with Gasteiger partial charge in [-0.2, -0.15) is 0 Å². The van der Waals surface area contributed by atoms with Crippen molar-refractivity contribution in [3.8, 4) is 0 Å². The summed E-state index contributed by atoms with van der Waals surface area (Å²) in [5.74, 6) is -0.753. The van der Waals surface area contributed by atoms with Gasteiger partial charge in [0.25, 0.3) is 0 Å². The lowest BCUT2D eigenvalue weighted by atomic mass is 10.2. The Morgan fingerprint density at radius 2 is 1.89 bits per heavy atom. The molecule has 0 radical (unpaired) electrons. The van der Waals surface area contributed by atoms with Crippen LogP contribution >= 0.6 is 0 Å². The van der Waals surface area contributed by atoms with Gasteiger partial charge in [-0.3, -0.25) is 4.79 Å². The second kappa shape index (κ2) is 5.29. The van der Waals surface area contributed by atoms with Gasteiger partial charge < -0.3 is 15.1 Å². The van der Waals surface area contributed by atoms with E-state index in [9.17, 15) is 19.4 Å². The number of amides is 1. The normalized spacial score (nSPS) is 23.8. The van der Waals surface area contributed by atoms with Gasteiger partial charge in [0.1, 0.15) is 5.82 Å². The number of carbonyl (C=O) groups is 1. The van der Waals surface area contributed by atoms with Gasteiger partial charge in [0, 0.05) is 24.7 Å². The van der Waals surface area contributed by atoms with Crippen molar-refractivity contribution in [3.63, 3.8) is 0 Å². The average molecular weight is 251 g/mol. The summed E-state index contributed by atoms with van der Waals surface area (Å²) in [7, 11) is 0. The van der Waals surface area contributed by atoms with E-state index in [1.54, 1.807) is 18.2 Å². The number of benzene rings is 1. The molecule has 1 fully saturated rings. The molecule has 1 aromatic rings. The van der Waals surface area contributed by atoms with Crippen LogP contribution in [0.25, 0.3) is 6.08 Å². The molecule has 1 heterocycles. The zero-order valence-electron chi connectivity index (χ0n) is 9.66. The van der Waals surface area contributed by atoms with Gasteiger partial charge >= 0.3 is 0 Å². The highest BCUT2D eigenvalue weighted by atomic mass is 19.1. The number of aliphatic hydroxyl groups excluding tert-OH is 2. The van der Waals surface area contributed by atoms with Crippen molar-refractivity contribution in [1.82, 2.24) is 4.90 Å². The van der Waals surface area contributed by atoms with Crippen molar-refractivity contribution in [3.05, 3.63) is 41.7 Å². The summed E-state index contributed by atoms with van der Waals surface area (Å²) in [6.07, 6.45) is 0.810. The fourth-order valence-electron chi connectivity index (χ4n) is 1.83. The minimum atomic E-state index is -0.907. The number of β-amino-alcohol motifs (C(OH)–C–C–N with tert-alkyl or cyclic N) is 2. The third-order valence-corrected chi connectivity index (χ3v) is 2.88. The topological polar surface area (TPSA) is 60.8 Å². The third kappa shape index (κ3) is 2.75. The Hall–Kier alpha value is -1.72. The minimum absolute atomic E-state index is 0.0988. The molecule has 2 rings (SSSR count). The Morgan fingerprint density at radius 1 is 1.28 bits per heavy atom. The van der Waals surface area contributed by atoms with Crippen LogP contribution in [0.15, 0.2) is 30.3 Å². The highest BCUT2D eigenvalue weighted by molar-refractivity contribution is 5.92. The monoisotopic (exact) mass is 251 g/mol. The summed E-state index contributed by atoms with van der Waals surface area (Å²) in [5.41, 5.74) is 0.325. The Morgan fingerprint density at radius 3 is 2.50 bits per heavy atom. The third-order valence-electron chi connectivity index (χ3n) is 2.88. The summed E-state index contributed by atoms with van der Waals surface area (Å²) >= 11 is 0. The van der Waals surface area contributed by atoms with E-state index in [-0.39, 0.29) is 19.0 Å². The number of aliphatic hydroxyl groups is 2. The second-order valence-electron chi connectivity index (χ2n) is 4.23. The molecule has 0 spiro atoms. The molecule has 1 amide bonds. The van der Waals surface area contributed by atoms with E-state index in [2.05, 4.69) is 0 Å². The van der Waals surface area contributed by atoms with E-state index < -0.39 is 18.0 Å². The molecule has 0 saturated carbocycles. The molecule has 1 aliphatic heterocycles. The molecule has 2 atom stereocenters. The van der Waals surface area contributed by atoms with Crippen LogP contribution in [-0.4, -0.2) is 46.3 Å². The number of likely N-dealkylation sites (tertiary alicyclic amines) is 1. The van der Waals surface area contributed by atoms with Crippen LogP contribution in [0.3, 0.4) is 0 Å². The molecular weight excluding hydrogens is 237 g/mol. The van der Waals surface area contributed by atoms with Crippen LogP contribution in [0, 0.1) is 5.82 Å². The van der Waals surface area contributed by atoms with Gasteiger partial charge in [-0.15, -0.1) is 0 Å². The van der Waals surface area contributed by atoms with Gasteiger partial charge in [0.2, 0.25) is 5.91 Å². The fraction of sp³-hybridized carbons (Fsp3) is 0.308. The maximum absolute atomic E-state index is 13.3. The molecule has 96 valence electrons. The quantitative estimate of drug-likeness (QED) is 0.748. The standard InChI is InChI=1S/C13H14FNO3/c14-10-4-2-1-3-9(10)5-6-13(18)15-7-11(16)12(17)8-15/h1-6,11-12,16-17H,7-8H2/b6-5+/t11-,12-/m1/s1. The lowest BCUT2D eigenvalue weighted by Crippen LogP contribution is -2.27. The van der Waals surface area contributed by atoms with Crippen molar-refractivity contribution in [2.24, 2.45) is 0 Å². The van der Waals surface area contributed by atoms with E-state index in [1.807, 2.05) is 0 Å². The zero-order chi connectivity index (χ0) is 13.1. The highest BCUT2D eigenvalue weighted by Crippen LogP contribution is 2.12. The highest BCUT2D eigenvalue weighted by Gasteiger charge is 2.31. The number of hydrogen-bond acceptors (Lipinski definition) is 3. The average Bonchev–Trinajstić information content (AvgIpc) is 2.68. The van der Waals surface area contributed by atoms with Crippen molar-refractivity contribution in [1.29, 1.82) is 0 Å². The first-order valence-electron chi connectivity index (χ1n) is 5.65. The molecule has 0 aromatic heterocycles. The van der Waals surface area contributed by atoms with Gasteiger partial charge in [0.15, 0.2) is 0 Å². The molecule has 0 aliphatic carbocycles. The molecule has 1 aliphatic rings. The molecule has 1 saturated heterocycles. The summed E-state index contributed by atoms with van der Waals surface area (Å²) < 4.78 is 13.3. The smallest absolute Gasteiger partial charge is 0.246 e. The van der Waals surface area contributed by atoms with Crippen LogP contribution in [-0.2, 0) is 4.79 Å². The first kappa shape index (κ1) is 12.7. The summed E-state index contributed by atoms with van der Waals surface area (Å²) in [4.78, 5) is 13.0. The predicted octanol–water partition coefficient (Wildman–Crippen LogP) is 0.403. The first-order valence-corrected chi connectivity index (χ1v) is 5.65. The van der Waals surface area contributed by atoms with Gasteiger partial charge in [-0.05, 0) is 12.1 Å². The number of carbonyl (C=O) groups excluding carboxylic acids is 1. The molecule has 5 heteroatoms. The van der Waals surface area contributed by atoms with Crippen LogP contribution in [0.4, 0.5) is 4.39 Å². The first-order chi connectivity index (χ1) is 8.58. The lowest BCUT2D eigenvalue weighted by molar-refractivity contribution is -0.125. The zero-order valence-corrected chi connectivity index (χ0v) is 9.66. The molecule has 18 heavy (non-hydrogen) atoms. The van der Waals surface area contributed by atoms with E-state index in [0.717, 1.165) is 0 Å². The second-order valence-corrected chi connectivity index (χ2v) is 4.23. The fourth-order valence-corrected chi connectivity index (χ4v) is 1.83. The van der Waals surface area contributed by atoms with Crippen LogP contribution in [0.5, 0.6) is 0 Å². The van der Waals surface area contributed by atoms with Gasteiger partial charge in [0.05, 0.1) is 12.2 Å². The van der Waals surface area contributed by atoms with Gasteiger partial charge in [-0.25, -0.2) is 4.39 Å². The summed E-state index contributed by atoms with van der Waals surface area (Å²) in [6, 6.07) is 6.12. The van der Waals surface area contributed by atoms with E-state index in [4.69, 9.17) is 0 Å². The number of rotatable bonds is 2. The van der Waals surface area contributed by atoms with Crippen molar-refractivity contribution >= 4 is 12.0 Å². The van der Waals surface area contributed by atoms with E-state index in [0.29, 0.717) is 5.56 Å². The maximum Gasteiger partial charge on any atom is 0.246 e. The van der Waals surface area contributed by atoms with Gasteiger partial charge in [-0.1, -0.05) is 18.2 Å². The van der Waals surface area contributed by atoms with Crippen molar-refractivity contribution in [2.45, 2.75) is 12.2 Å². The molecule has 4 nitrogen and oxygen atoms in total.